The predicted octanol–water partition coefficient (Wildman–Crippen LogP) is 2.46. The van der Waals surface area contributed by atoms with E-state index in [0.29, 0.717) is 29.4 Å². The van der Waals surface area contributed by atoms with Gasteiger partial charge in [0.15, 0.2) is 11.5 Å². The number of nitrogens with zero attached hydrogens (tertiary/aromatic N) is 1. The maximum atomic E-state index is 12.4. The summed E-state index contributed by atoms with van der Waals surface area (Å²) in [4.78, 5) is 14.9. The highest BCUT2D eigenvalue weighted by Crippen LogP contribution is 2.31. The van der Waals surface area contributed by atoms with Crippen molar-refractivity contribution in [2.75, 3.05) is 26.3 Å². The Morgan fingerprint density at radius 3 is 2.58 bits per heavy atom. The number of alkyl halides is 1. The van der Waals surface area contributed by atoms with Crippen LogP contribution < -0.4 is 9.47 Å². The lowest BCUT2D eigenvalue weighted by Crippen LogP contribution is -2.38. The summed E-state index contributed by atoms with van der Waals surface area (Å²) in [6, 6.07) is 5.42. The van der Waals surface area contributed by atoms with Gasteiger partial charge in [0.2, 0.25) is 0 Å². The molecule has 2 aliphatic heterocycles. The fraction of sp³-hybridized carbons (Fsp3) is 0.500. The topological polar surface area (TPSA) is 38.8 Å². The van der Waals surface area contributed by atoms with Gasteiger partial charge in [0, 0.05) is 23.5 Å². The summed E-state index contributed by atoms with van der Waals surface area (Å²) in [7, 11) is 0. The molecule has 2 aliphatic rings. The van der Waals surface area contributed by atoms with Gasteiger partial charge in [-0.15, -0.1) is 0 Å². The van der Waals surface area contributed by atoms with E-state index in [0.717, 1.165) is 31.7 Å². The van der Waals surface area contributed by atoms with Crippen LogP contribution in [0.2, 0.25) is 0 Å². The maximum Gasteiger partial charge on any atom is 0.253 e. The number of halogens is 1. The zero-order chi connectivity index (χ0) is 13.2. The highest BCUT2D eigenvalue weighted by molar-refractivity contribution is 9.09. The number of carbonyl (C=O) groups excluding carboxylic acids is 1. The molecule has 0 aromatic heterocycles. The Bertz CT molecular complexity index is 484. The Kier molecular flexibility index (Phi) is 3.64. The summed E-state index contributed by atoms with van der Waals surface area (Å²) in [6.45, 7) is 2.73. The second-order valence-corrected chi connectivity index (χ2v) is 6.12. The fourth-order valence-electron chi connectivity index (χ4n) is 2.41. The SMILES string of the molecule is O=C(c1ccc2c(c1)OCCO2)N1CCC(Br)CC1. The summed E-state index contributed by atoms with van der Waals surface area (Å²) in [6.07, 6.45) is 2.02. The van der Waals surface area contributed by atoms with Crippen LogP contribution in [-0.2, 0) is 0 Å². The highest BCUT2D eigenvalue weighted by atomic mass is 79.9. The molecule has 1 fully saturated rings. The third kappa shape index (κ3) is 2.71. The number of amides is 1. The van der Waals surface area contributed by atoms with E-state index in [4.69, 9.17) is 9.47 Å². The minimum absolute atomic E-state index is 0.0800. The van der Waals surface area contributed by atoms with Crippen LogP contribution in [0.4, 0.5) is 0 Å². The average molecular weight is 326 g/mol. The second-order valence-electron chi connectivity index (χ2n) is 4.83. The molecule has 19 heavy (non-hydrogen) atoms. The molecule has 0 atom stereocenters. The van der Waals surface area contributed by atoms with Crippen molar-refractivity contribution in [1.82, 2.24) is 4.90 Å². The number of benzene rings is 1. The molecule has 1 amide bonds. The molecule has 0 bridgehead atoms. The molecular formula is C14H16BrNO3. The van der Waals surface area contributed by atoms with E-state index in [1.165, 1.54) is 0 Å². The molecule has 4 nitrogen and oxygen atoms in total. The number of hydrogen-bond acceptors (Lipinski definition) is 3. The Hall–Kier alpha value is -1.23. The Balaban J connectivity index is 1.76. The number of carbonyl (C=O) groups is 1. The standard InChI is InChI=1S/C14H16BrNO3/c15-11-3-5-16(6-4-11)14(17)10-1-2-12-13(9-10)19-8-7-18-12/h1-2,9,11H,3-8H2. The molecule has 2 heterocycles. The van der Waals surface area contributed by atoms with Crippen molar-refractivity contribution >= 4 is 21.8 Å². The van der Waals surface area contributed by atoms with E-state index in [-0.39, 0.29) is 5.91 Å². The van der Waals surface area contributed by atoms with Crippen LogP contribution in [0.3, 0.4) is 0 Å². The zero-order valence-corrected chi connectivity index (χ0v) is 12.2. The van der Waals surface area contributed by atoms with Gasteiger partial charge in [0.05, 0.1) is 0 Å². The molecule has 0 unspecified atom stereocenters. The molecule has 3 rings (SSSR count). The van der Waals surface area contributed by atoms with Crippen LogP contribution in [0.5, 0.6) is 11.5 Å². The number of rotatable bonds is 1. The van der Waals surface area contributed by atoms with Crippen molar-refractivity contribution in [3.8, 4) is 11.5 Å². The van der Waals surface area contributed by atoms with Gasteiger partial charge in [-0.3, -0.25) is 4.79 Å². The monoisotopic (exact) mass is 325 g/mol. The lowest BCUT2D eigenvalue weighted by molar-refractivity contribution is 0.0727. The molecule has 1 saturated heterocycles. The van der Waals surface area contributed by atoms with E-state index < -0.39 is 0 Å². The van der Waals surface area contributed by atoms with Gasteiger partial charge in [0.25, 0.3) is 5.91 Å². The molecule has 5 heteroatoms. The van der Waals surface area contributed by atoms with Crippen LogP contribution in [-0.4, -0.2) is 41.9 Å². The Labute approximate surface area is 120 Å². The maximum absolute atomic E-state index is 12.4. The van der Waals surface area contributed by atoms with E-state index in [2.05, 4.69) is 15.9 Å². The minimum Gasteiger partial charge on any atom is -0.486 e. The summed E-state index contributed by atoms with van der Waals surface area (Å²) < 4.78 is 11.0. The zero-order valence-electron chi connectivity index (χ0n) is 10.6. The van der Waals surface area contributed by atoms with Gasteiger partial charge < -0.3 is 14.4 Å². The summed E-state index contributed by atoms with van der Waals surface area (Å²) in [5.74, 6) is 1.48. The number of fused-ring (bicyclic) bond motifs is 1. The largest absolute Gasteiger partial charge is 0.486 e. The van der Waals surface area contributed by atoms with Crippen LogP contribution in [0.1, 0.15) is 23.2 Å². The first-order chi connectivity index (χ1) is 9.24. The van der Waals surface area contributed by atoms with E-state index in [1.54, 1.807) is 6.07 Å². The number of piperidine rings is 1. The van der Waals surface area contributed by atoms with Crippen LogP contribution in [0, 0.1) is 0 Å². The van der Waals surface area contributed by atoms with Gasteiger partial charge >= 0.3 is 0 Å². The molecule has 0 saturated carbocycles. The van der Waals surface area contributed by atoms with E-state index >= 15 is 0 Å². The molecule has 102 valence electrons. The van der Waals surface area contributed by atoms with Crippen molar-refractivity contribution < 1.29 is 14.3 Å². The third-order valence-electron chi connectivity index (χ3n) is 3.50. The van der Waals surface area contributed by atoms with Crippen molar-refractivity contribution in [2.45, 2.75) is 17.7 Å². The molecule has 0 N–H and O–H groups in total. The van der Waals surface area contributed by atoms with Crippen molar-refractivity contribution in [2.24, 2.45) is 0 Å². The molecular weight excluding hydrogens is 310 g/mol. The van der Waals surface area contributed by atoms with Crippen molar-refractivity contribution in [3.63, 3.8) is 0 Å². The van der Waals surface area contributed by atoms with Gasteiger partial charge in [-0.05, 0) is 31.0 Å². The molecule has 1 aromatic carbocycles. The quantitative estimate of drug-likeness (QED) is 0.744. The highest BCUT2D eigenvalue weighted by Gasteiger charge is 2.23. The first-order valence-electron chi connectivity index (χ1n) is 6.57. The smallest absolute Gasteiger partial charge is 0.253 e. The summed E-state index contributed by atoms with van der Waals surface area (Å²) in [5.41, 5.74) is 0.678. The number of hydrogen-bond donors (Lipinski definition) is 0. The first-order valence-corrected chi connectivity index (χ1v) is 7.48. The molecule has 0 spiro atoms. The third-order valence-corrected chi connectivity index (χ3v) is 4.42. The average Bonchev–Trinajstić information content (AvgIpc) is 2.47. The Morgan fingerprint density at radius 1 is 1.16 bits per heavy atom. The van der Waals surface area contributed by atoms with Gasteiger partial charge in [-0.25, -0.2) is 0 Å². The predicted molar refractivity (Wildman–Crippen MR) is 75.3 cm³/mol. The normalized spacial score (nSPS) is 19.3. The van der Waals surface area contributed by atoms with E-state index in [9.17, 15) is 4.79 Å². The lowest BCUT2D eigenvalue weighted by atomic mass is 10.1. The molecule has 0 aliphatic carbocycles. The van der Waals surface area contributed by atoms with Gasteiger partial charge in [-0.1, -0.05) is 15.9 Å². The van der Waals surface area contributed by atoms with E-state index in [1.807, 2.05) is 17.0 Å². The van der Waals surface area contributed by atoms with Crippen molar-refractivity contribution in [3.05, 3.63) is 23.8 Å². The molecule has 0 radical (unpaired) electrons. The van der Waals surface area contributed by atoms with Crippen LogP contribution in [0.15, 0.2) is 18.2 Å². The van der Waals surface area contributed by atoms with Crippen LogP contribution >= 0.6 is 15.9 Å². The second kappa shape index (κ2) is 5.41. The first kappa shape index (κ1) is 12.8. The summed E-state index contributed by atoms with van der Waals surface area (Å²) >= 11 is 3.60. The molecule has 1 aromatic rings. The fourth-order valence-corrected chi connectivity index (χ4v) is 2.82. The number of ether oxygens (including phenoxy) is 2. The van der Waals surface area contributed by atoms with Crippen molar-refractivity contribution in [1.29, 1.82) is 0 Å². The van der Waals surface area contributed by atoms with Gasteiger partial charge in [-0.2, -0.15) is 0 Å². The van der Waals surface area contributed by atoms with Crippen LogP contribution in [0.25, 0.3) is 0 Å². The minimum atomic E-state index is 0.0800. The number of likely N-dealkylation sites (tertiary alicyclic amines) is 1. The van der Waals surface area contributed by atoms with Gasteiger partial charge in [0.1, 0.15) is 13.2 Å². The Morgan fingerprint density at radius 2 is 1.84 bits per heavy atom. The summed E-state index contributed by atoms with van der Waals surface area (Å²) in [5, 5.41) is 0. The lowest BCUT2D eigenvalue weighted by Gasteiger charge is -2.30.